The highest BCUT2D eigenvalue weighted by Crippen LogP contribution is 2.14. The molecule has 3 heteroatoms. The minimum Gasteiger partial charge on any atom is -0.268 e. The third-order valence-corrected chi connectivity index (χ3v) is 3.50. The maximum atomic E-state index is 12.2. The Morgan fingerprint density at radius 1 is 0.950 bits per heavy atom. The van der Waals surface area contributed by atoms with Crippen LogP contribution in [-0.2, 0) is 6.42 Å². The lowest BCUT2D eigenvalue weighted by atomic mass is 10.1. The van der Waals surface area contributed by atoms with Crippen molar-refractivity contribution in [3.63, 3.8) is 0 Å². The van der Waals surface area contributed by atoms with Crippen LogP contribution in [0.2, 0.25) is 0 Å². The van der Waals surface area contributed by atoms with Crippen LogP contribution in [0.5, 0.6) is 0 Å². The second-order valence-electron chi connectivity index (χ2n) is 4.84. The van der Waals surface area contributed by atoms with Crippen molar-refractivity contribution in [2.75, 3.05) is 0 Å². The molecule has 0 atom stereocenters. The average molecular weight is 264 g/mol. The van der Waals surface area contributed by atoms with E-state index in [2.05, 4.69) is 5.10 Å². The number of H-pyrrole nitrogens is 1. The lowest BCUT2D eigenvalue weighted by Gasteiger charge is -2.05. The summed E-state index contributed by atoms with van der Waals surface area (Å²) in [5.74, 6) is 0. The highest BCUT2D eigenvalue weighted by molar-refractivity contribution is 5.36. The van der Waals surface area contributed by atoms with Gasteiger partial charge in [-0.25, -0.2) is 0 Å². The van der Waals surface area contributed by atoms with E-state index >= 15 is 0 Å². The van der Waals surface area contributed by atoms with E-state index < -0.39 is 0 Å². The predicted octanol–water partition coefficient (Wildman–Crippen LogP) is 3.06. The Morgan fingerprint density at radius 2 is 1.55 bits per heavy atom. The van der Waals surface area contributed by atoms with E-state index in [1.165, 1.54) is 0 Å². The Hall–Kier alpha value is -2.55. The molecule has 2 aromatic carbocycles. The first kappa shape index (κ1) is 12.5. The zero-order chi connectivity index (χ0) is 13.9. The van der Waals surface area contributed by atoms with Gasteiger partial charge in [-0.05, 0) is 24.6 Å². The van der Waals surface area contributed by atoms with Crippen LogP contribution in [0.15, 0.2) is 65.5 Å². The molecule has 0 spiro atoms. The number of aromatic amines is 1. The Kier molecular flexibility index (Phi) is 3.25. The number of hydrogen-bond donors (Lipinski definition) is 1. The first-order chi connectivity index (χ1) is 9.75. The van der Waals surface area contributed by atoms with Gasteiger partial charge in [-0.3, -0.25) is 14.6 Å². The fourth-order valence-electron chi connectivity index (χ4n) is 2.40. The van der Waals surface area contributed by atoms with Gasteiger partial charge in [0, 0.05) is 17.7 Å². The van der Waals surface area contributed by atoms with Crippen molar-refractivity contribution in [3.05, 3.63) is 87.8 Å². The molecule has 3 rings (SSSR count). The normalized spacial score (nSPS) is 10.7. The van der Waals surface area contributed by atoms with Gasteiger partial charge < -0.3 is 0 Å². The molecule has 0 saturated carbocycles. The molecular formula is C17H16N2O. The summed E-state index contributed by atoms with van der Waals surface area (Å²) >= 11 is 0. The zero-order valence-electron chi connectivity index (χ0n) is 11.3. The van der Waals surface area contributed by atoms with Crippen molar-refractivity contribution in [1.82, 2.24) is 9.78 Å². The summed E-state index contributed by atoms with van der Waals surface area (Å²) < 4.78 is 1.85. The van der Waals surface area contributed by atoms with Crippen LogP contribution in [0.4, 0.5) is 0 Å². The summed E-state index contributed by atoms with van der Waals surface area (Å²) in [6.07, 6.45) is 0.655. The number of aromatic nitrogens is 2. The molecule has 1 heterocycles. The average Bonchev–Trinajstić information content (AvgIpc) is 2.77. The van der Waals surface area contributed by atoms with Crippen molar-refractivity contribution in [2.45, 2.75) is 13.3 Å². The highest BCUT2D eigenvalue weighted by Gasteiger charge is 2.12. The van der Waals surface area contributed by atoms with Crippen LogP contribution in [0, 0.1) is 6.92 Å². The predicted molar refractivity (Wildman–Crippen MR) is 80.4 cm³/mol. The first-order valence-corrected chi connectivity index (χ1v) is 6.65. The molecule has 0 radical (unpaired) electrons. The molecule has 0 amide bonds. The maximum absolute atomic E-state index is 12.2. The van der Waals surface area contributed by atoms with Gasteiger partial charge in [-0.1, -0.05) is 48.5 Å². The van der Waals surface area contributed by atoms with Crippen molar-refractivity contribution >= 4 is 0 Å². The number of hydrogen-bond acceptors (Lipinski definition) is 1. The van der Waals surface area contributed by atoms with Crippen LogP contribution in [-0.4, -0.2) is 9.78 Å². The van der Waals surface area contributed by atoms with Gasteiger partial charge in [0.25, 0.3) is 5.56 Å². The van der Waals surface area contributed by atoms with E-state index in [0.29, 0.717) is 6.42 Å². The lowest BCUT2D eigenvalue weighted by molar-refractivity contribution is 0.833. The number of benzene rings is 2. The Balaban J connectivity index is 2.02. The van der Waals surface area contributed by atoms with Crippen LogP contribution < -0.4 is 5.56 Å². The summed E-state index contributed by atoms with van der Waals surface area (Å²) in [6, 6.07) is 19.9. The first-order valence-electron chi connectivity index (χ1n) is 6.65. The smallest absolute Gasteiger partial charge is 0.268 e. The number of para-hydroxylation sites is 1. The minimum absolute atomic E-state index is 0.0183. The summed E-state index contributed by atoms with van der Waals surface area (Å²) in [5.41, 5.74) is 3.88. The standard InChI is InChI=1S/C17H16N2O/c1-13-16(12-14-8-4-2-5-9-14)17(20)18-19(13)15-10-6-3-7-11-15/h2-11H,12H2,1H3,(H,18,20). The van der Waals surface area contributed by atoms with Crippen molar-refractivity contribution in [2.24, 2.45) is 0 Å². The van der Waals surface area contributed by atoms with Gasteiger partial charge >= 0.3 is 0 Å². The Morgan fingerprint density at radius 3 is 2.20 bits per heavy atom. The number of nitrogens with one attached hydrogen (secondary N) is 1. The second kappa shape index (κ2) is 5.21. The van der Waals surface area contributed by atoms with Gasteiger partial charge in [0.05, 0.1) is 5.69 Å². The second-order valence-corrected chi connectivity index (χ2v) is 4.84. The zero-order valence-corrected chi connectivity index (χ0v) is 11.3. The fraction of sp³-hybridized carbons (Fsp3) is 0.118. The topological polar surface area (TPSA) is 37.8 Å². The van der Waals surface area contributed by atoms with Gasteiger partial charge in [-0.15, -0.1) is 0 Å². The minimum atomic E-state index is -0.0183. The summed E-state index contributed by atoms with van der Waals surface area (Å²) in [4.78, 5) is 12.2. The van der Waals surface area contributed by atoms with Crippen LogP contribution in [0.1, 0.15) is 16.8 Å². The molecule has 0 saturated heterocycles. The molecule has 20 heavy (non-hydrogen) atoms. The molecule has 0 unspecified atom stereocenters. The van der Waals surface area contributed by atoms with E-state index in [1.54, 1.807) is 0 Å². The van der Waals surface area contributed by atoms with E-state index in [1.807, 2.05) is 72.3 Å². The number of rotatable bonds is 3. The summed E-state index contributed by atoms with van der Waals surface area (Å²) in [7, 11) is 0. The van der Waals surface area contributed by atoms with Crippen molar-refractivity contribution < 1.29 is 0 Å². The SMILES string of the molecule is Cc1c(Cc2ccccc2)c(=O)[nH]n1-c1ccccc1. The summed E-state index contributed by atoms with van der Waals surface area (Å²) in [6.45, 7) is 1.98. The lowest BCUT2D eigenvalue weighted by Crippen LogP contribution is -2.07. The van der Waals surface area contributed by atoms with E-state index in [-0.39, 0.29) is 5.56 Å². The Bertz CT molecular complexity index is 755. The third-order valence-electron chi connectivity index (χ3n) is 3.50. The molecule has 0 bridgehead atoms. The van der Waals surface area contributed by atoms with Crippen molar-refractivity contribution in [1.29, 1.82) is 0 Å². The van der Waals surface area contributed by atoms with E-state index in [4.69, 9.17) is 0 Å². The fourth-order valence-corrected chi connectivity index (χ4v) is 2.40. The van der Waals surface area contributed by atoms with Gasteiger partial charge in [-0.2, -0.15) is 0 Å². The third kappa shape index (κ3) is 2.30. The molecule has 0 aliphatic rings. The molecule has 3 nitrogen and oxygen atoms in total. The molecule has 1 aromatic heterocycles. The molecule has 1 N–H and O–H groups in total. The highest BCUT2D eigenvalue weighted by atomic mass is 16.1. The Labute approximate surface area is 117 Å². The largest absolute Gasteiger partial charge is 0.268 e. The quantitative estimate of drug-likeness (QED) is 0.775. The number of nitrogens with zero attached hydrogens (tertiary/aromatic N) is 1. The molecule has 0 aliphatic carbocycles. The van der Waals surface area contributed by atoms with E-state index in [0.717, 1.165) is 22.5 Å². The van der Waals surface area contributed by atoms with Gasteiger partial charge in [0.2, 0.25) is 0 Å². The molecule has 100 valence electrons. The van der Waals surface area contributed by atoms with Crippen LogP contribution in [0.3, 0.4) is 0 Å². The van der Waals surface area contributed by atoms with Crippen LogP contribution in [0.25, 0.3) is 5.69 Å². The molecule has 0 aliphatic heterocycles. The molecule has 0 fully saturated rings. The van der Waals surface area contributed by atoms with E-state index in [9.17, 15) is 4.79 Å². The van der Waals surface area contributed by atoms with Gasteiger partial charge in [0.1, 0.15) is 0 Å². The van der Waals surface area contributed by atoms with Crippen molar-refractivity contribution in [3.8, 4) is 5.69 Å². The molecular weight excluding hydrogens is 248 g/mol. The summed E-state index contributed by atoms with van der Waals surface area (Å²) in [5, 5.41) is 2.91. The van der Waals surface area contributed by atoms with Crippen LogP contribution >= 0.6 is 0 Å². The molecule has 3 aromatic rings. The maximum Gasteiger partial charge on any atom is 0.268 e. The van der Waals surface area contributed by atoms with Gasteiger partial charge in [0.15, 0.2) is 0 Å². The monoisotopic (exact) mass is 264 g/mol.